The minimum atomic E-state index is -0.211. The zero-order valence-corrected chi connectivity index (χ0v) is 23.4. The van der Waals surface area contributed by atoms with Crippen LogP contribution in [0.1, 0.15) is 94.7 Å². The minimum absolute atomic E-state index is 0.0416. The van der Waals surface area contributed by atoms with Gasteiger partial charge in [-0.05, 0) is 56.9 Å². The van der Waals surface area contributed by atoms with Gasteiger partial charge in [-0.1, -0.05) is 33.6 Å². The number of likely N-dealkylation sites (tertiary alicyclic amines) is 1. The summed E-state index contributed by atoms with van der Waals surface area (Å²) in [6, 6.07) is 0.433. The number of Topliss-reactive ketones (excluding diaryl/α,β-unsaturated/α-hetero) is 1. The van der Waals surface area contributed by atoms with Crippen LogP contribution in [0, 0.1) is 17.8 Å². The van der Waals surface area contributed by atoms with Crippen molar-refractivity contribution in [2.45, 2.75) is 90.0 Å². The van der Waals surface area contributed by atoms with E-state index < -0.39 is 0 Å². The highest BCUT2D eigenvalue weighted by Gasteiger charge is 2.39. The van der Waals surface area contributed by atoms with E-state index in [4.69, 9.17) is 9.72 Å². The molecule has 1 amide bonds. The van der Waals surface area contributed by atoms with Gasteiger partial charge in [0.15, 0.2) is 5.78 Å². The Morgan fingerprint density at radius 3 is 2.73 bits per heavy atom. The maximum absolute atomic E-state index is 13.6. The number of hydrogen-bond donors (Lipinski definition) is 2. The molecule has 4 atom stereocenters. The van der Waals surface area contributed by atoms with Crippen LogP contribution in [0.3, 0.4) is 0 Å². The first-order chi connectivity index (χ1) is 17.8. The number of rotatable bonds is 9. The number of carbonyl (C=O) groups excluding carboxylic acids is 2. The number of piperidine rings is 2. The van der Waals surface area contributed by atoms with Crippen molar-refractivity contribution in [3.8, 4) is 0 Å². The van der Waals surface area contributed by atoms with Crippen molar-refractivity contribution in [1.29, 1.82) is 0 Å². The number of carbonyl (C=O) groups is 2. The normalized spacial score (nSPS) is 26.4. The SMILES string of the molecule is COCCCNc1nc(C(C)(C)C)ncc1C(=O)CC1CNCC(C(=O)N2CCCC3CCCCC32)C1. The Balaban J connectivity index is 1.41. The smallest absolute Gasteiger partial charge is 0.227 e. The second-order valence-corrected chi connectivity index (χ2v) is 12.3. The Labute approximate surface area is 222 Å². The number of fused-ring (bicyclic) bond motifs is 1. The number of nitrogens with one attached hydrogen (secondary N) is 2. The second-order valence-electron chi connectivity index (χ2n) is 12.3. The van der Waals surface area contributed by atoms with Crippen LogP contribution in [0.2, 0.25) is 0 Å². The summed E-state index contributed by atoms with van der Waals surface area (Å²) >= 11 is 0. The molecule has 3 heterocycles. The van der Waals surface area contributed by atoms with Gasteiger partial charge >= 0.3 is 0 Å². The molecule has 3 aliphatic rings. The summed E-state index contributed by atoms with van der Waals surface area (Å²) in [6.07, 6.45) is 11.0. The third kappa shape index (κ3) is 7.08. The molecule has 2 N–H and O–H groups in total. The number of anilines is 1. The maximum atomic E-state index is 13.6. The van der Waals surface area contributed by atoms with E-state index in [-0.39, 0.29) is 23.0 Å². The van der Waals surface area contributed by atoms with E-state index in [1.165, 1.54) is 25.7 Å². The summed E-state index contributed by atoms with van der Waals surface area (Å²) in [4.78, 5) is 38.6. The van der Waals surface area contributed by atoms with E-state index in [0.717, 1.165) is 38.8 Å². The predicted octanol–water partition coefficient (Wildman–Crippen LogP) is 4.20. The molecule has 206 valence electrons. The van der Waals surface area contributed by atoms with E-state index in [2.05, 4.69) is 41.3 Å². The van der Waals surface area contributed by atoms with E-state index >= 15 is 0 Å². The fourth-order valence-corrected chi connectivity index (χ4v) is 6.38. The van der Waals surface area contributed by atoms with Gasteiger partial charge in [0.25, 0.3) is 0 Å². The number of methoxy groups -OCH3 is 1. The van der Waals surface area contributed by atoms with Crippen LogP contribution in [-0.2, 0) is 14.9 Å². The highest BCUT2D eigenvalue weighted by Crippen LogP contribution is 2.37. The van der Waals surface area contributed by atoms with E-state index in [0.29, 0.717) is 61.2 Å². The number of ether oxygens (including phenoxy) is 1. The van der Waals surface area contributed by atoms with Crippen molar-refractivity contribution in [3.63, 3.8) is 0 Å². The molecule has 1 saturated carbocycles. The quantitative estimate of drug-likeness (QED) is 0.377. The lowest BCUT2D eigenvalue weighted by Gasteiger charge is -2.46. The number of nitrogens with zero attached hydrogens (tertiary/aromatic N) is 3. The van der Waals surface area contributed by atoms with Gasteiger partial charge in [-0.3, -0.25) is 9.59 Å². The summed E-state index contributed by atoms with van der Waals surface area (Å²) in [5.41, 5.74) is 0.331. The van der Waals surface area contributed by atoms with E-state index in [1.807, 2.05) is 0 Å². The van der Waals surface area contributed by atoms with Crippen LogP contribution in [0.4, 0.5) is 5.82 Å². The summed E-state index contributed by atoms with van der Waals surface area (Å²) in [7, 11) is 1.69. The lowest BCUT2D eigenvalue weighted by atomic mass is 9.77. The van der Waals surface area contributed by atoms with Gasteiger partial charge in [0.05, 0.1) is 11.5 Å². The van der Waals surface area contributed by atoms with E-state index in [1.54, 1.807) is 13.3 Å². The molecule has 2 aliphatic heterocycles. The van der Waals surface area contributed by atoms with Crippen LogP contribution in [0.15, 0.2) is 6.20 Å². The zero-order chi connectivity index (χ0) is 26.4. The van der Waals surface area contributed by atoms with Crippen LogP contribution < -0.4 is 10.6 Å². The first-order valence-corrected chi connectivity index (χ1v) is 14.4. The molecule has 8 heteroatoms. The first kappa shape index (κ1) is 28.0. The van der Waals surface area contributed by atoms with Gasteiger partial charge in [0, 0.05) is 57.4 Å². The van der Waals surface area contributed by atoms with E-state index in [9.17, 15) is 9.59 Å². The Kier molecular flexibility index (Phi) is 9.57. The van der Waals surface area contributed by atoms with Crippen LogP contribution in [0.25, 0.3) is 0 Å². The molecule has 3 fully saturated rings. The predicted molar refractivity (Wildman–Crippen MR) is 146 cm³/mol. The van der Waals surface area contributed by atoms with Crippen molar-refractivity contribution in [3.05, 3.63) is 17.6 Å². The Morgan fingerprint density at radius 2 is 1.95 bits per heavy atom. The third-order valence-corrected chi connectivity index (χ3v) is 8.37. The van der Waals surface area contributed by atoms with Crippen molar-refractivity contribution in [2.75, 3.05) is 45.2 Å². The van der Waals surface area contributed by atoms with Crippen molar-refractivity contribution in [1.82, 2.24) is 20.2 Å². The topological polar surface area (TPSA) is 96.5 Å². The molecule has 0 radical (unpaired) electrons. The molecule has 1 aromatic heterocycles. The molecule has 1 aliphatic carbocycles. The highest BCUT2D eigenvalue weighted by molar-refractivity contribution is 6.00. The Bertz CT molecular complexity index is 929. The van der Waals surface area contributed by atoms with Gasteiger partial charge < -0.3 is 20.3 Å². The second kappa shape index (κ2) is 12.7. The maximum Gasteiger partial charge on any atom is 0.227 e. The van der Waals surface area contributed by atoms with Gasteiger partial charge in [-0.15, -0.1) is 0 Å². The van der Waals surface area contributed by atoms with Crippen molar-refractivity contribution >= 4 is 17.5 Å². The van der Waals surface area contributed by atoms with Gasteiger partial charge in [-0.25, -0.2) is 9.97 Å². The molecule has 0 aromatic carbocycles. The van der Waals surface area contributed by atoms with Crippen LogP contribution >= 0.6 is 0 Å². The fraction of sp³-hybridized carbons (Fsp3) is 0.793. The molecule has 1 aromatic rings. The molecular formula is C29H47N5O3. The number of ketones is 1. The standard InChI is InChI=1S/C29H47N5O3/c1-29(2,3)28-32-19-23(26(33-28)31-12-8-14-37-4)25(35)16-20-15-22(18-30-17-20)27(36)34-13-7-10-21-9-5-6-11-24(21)34/h19-22,24,30H,5-18H2,1-4H3,(H,31,32,33). The monoisotopic (exact) mass is 513 g/mol. The lowest BCUT2D eigenvalue weighted by molar-refractivity contribution is -0.143. The van der Waals surface area contributed by atoms with Crippen molar-refractivity contribution < 1.29 is 14.3 Å². The minimum Gasteiger partial charge on any atom is -0.385 e. The highest BCUT2D eigenvalue weighted by atomic mass is 16.5. The molecule has 0 spiro atoms. The molecule has 4 unspecified atom stereocenters. The number of aromatic nitrogens is 2. The number of amides is 1. The zero-order valence-electron chi connectivity index (χ0n) is 23.4. The van der Waals surface area contributed by atoms with Gasteiger partial charge in [0.1, 0.15) is 11.6 Å². The molecule has 2 saturated heterocycles. The van der Waals surface area contributed by atoms with Gasteiger partial charge in [-0.2, -0.15) is 0 Å². The summed E-state index contributed by atoms with van der Waals surface area (Å²) in [5, 5.41) is 6.81. The van der Waals surface area contributed by atoms with Gasteiger partial charge in [0.2, 0.25) is 5.91 Å². The molecule has 8 nitrogen and oxygen atoms in total. The molecule has 37 heavy (non-hydrogen) atoms. The molecular weight excluding hydrogens is 466 g/mol. The van der Waals surface area contributed by atoms with Crippen LogP contribution in [0.5, 0.6) is 0 Å². The summed E-state index contributed by atoms with van der Waals surface area (Å²) < 4.78 is 5.16. The average molecular weight is 514 g/mol. The average Bonchev–Trinajstić information content (AvgIpc) is 2.90. The Hall–Kier alpha value is -2.06. The lowest BCUT2D eigenvalue weighted by Crippen LogP contribution is -2.54. The molecule has 4 rings (SSSR count). The third-order valence-electron chi connectivity index (χ3n) is 8.37. The summed E-state index contributed by atoms with van der Waals surface area (Å²) in [6.45, 7) is 9.91. The van der Waals surface area contributed by atoms with Crippen LogP contribution in [-0.4, -0.2) is 72.5 Å². The fourth-order valence-electron chi connectivity index (χ4n) is 6.38. The molecule has 0 bridgehead atoms. The number of hydrogen-bond acceptors (Lipinski definition) is 7. The first-order valence-electron chi connectivity index (χ1n) is 14.4. The largest absolute Gasteiger partial charge is 0.385 e. The summed E-state index contributed by atoms with van der Waals surface area (Å²) in [5.74, 6) is 2.44. The van der Waals surface area contributed by atoms with Crippen molar-refractivity contribution in [2.24, 2.45) is 17.8 Å². The Morgan fingerprint density at radius 1 is 1.16 bits per heavy atom.